The van der Waals surface area contributed by atoms with Gasteiger partial charge in [-0.2, -0.15) is 0 Å². The second-order valence-corrected chi connectivity index (χ2v) is 4.04. The Morgan fingerprint density at radius 1 is 1.38 bits per heavy atom. The Morgan fingerprint density at radius 3 is 2.50 bits per heavy atom. The molecule has 0 saturated carbocycles. The fourth-order valence-corrected chi connectivity index (χ4v) is 1.84. The summed E-state index contributed by atoms with van der Waals surface area (Å²) < 4.78 is 5.20. The van der Waals surface area contributed by atoms with Crippen molar-refractivity contribution in [3.05, 3.63) is 0 Å². The molecule has 5 nitrogen and oxygen atoms in total. The Kier molecular flexibility index (Phi) is 5.42. The number of rotatable bonds is 4. The van der Waals surface area contributed by atoms with Crippen LogP contribution in [0.3, 0.4) is 0 Å². The summed E-state index contributed by atoms with van der Waals surface area (Å²) in [6.07, 6.45) is 2.09. The van der Waals surface area contributed by atoms with Gasteiger partial charge in [0.15, 0.2) is 0 Å². The molecule has 2 amide bonds. The molecule has 2 N–H and O–H groups in total. The van der Waals surface area contributed by atoms with Gasteiger partial charge in [-0.25, -0.2) is 0 Å². The number of nitrogens with zero attached hydrogens (tertiary/aromatic N) is 1. The van der Waals surface area contributed by atoms with Crippen LogP contribution in [0.5, 0.6) is 0 Å². The number of carbonyl (C=O) groups excluding carboxylic acids is 2. The van der Waals surface area contributed by atoms with Crippen LogP contribution in [0.25, 0.3) is 0 Å². The van der Waals surface area contributed by atoms with Crippen molar-refractivity contribution in [1.29, 1.82) is 0 Å². The molecule has 1 aliphatic rings. The van der Waals surface area contributed by atoms with Crippen LogP contribution < -0.4 is 5.73 Å². The number of nitrogens with two attached hydrogens (primary N) is 1. The summed E-state index contributed by atoms with van der Waals surface area (Å²) in [7, 11) is 0. The molecule has 0 bridgehead atoms. The van der Waals surface area contributed by atoms with Crippen molar-refractivity contribution in [2.24, 2.45) is 11.7 Å². The van der Waals surface area contributed by atoms with Gasteiger partial charge in [-0.1, -0.05) is 0 Å². The lowest BCUT2D eigenvalue weighted by Gasteiger charge is -2.27. The average molecular weight is 228 g/mol. The highest BCUT2D eigenvalue weighted by Gasteiger charge is 2.27. The minimum absolute atomic E-state index is 0.0598. The van der Waals surface area contributed by atoms with Gasteiger partial charge in [-0.15, -0.1) is 0 Å². The Morgan fingerprint density at radius 2 is 2.00 bits per heavy atom. The van der Waals surface area contributed by atoms with Crippen molar-refractivity contribution >= 4 is 11.8 Å². The van der Waals surface area contributed by atoms with Crippen LogP contribution in [0.4, 0.5) is 0 Å². The monoisotopic (exact) mass is 228 g/mol. The fraction of sp³-hybridized carbons (Fsp3) is 0.818. The molecule has 92 valence electrons. The minimum Gasteiger partial charge on any atom is -0.381 e. The zero-order valence-corrected chi connectivity index (χ0v) is 9.78. The standard InChI is InChI=1S/C11H20N2O3/c1-9(14)13(6-2-5-12)11(15)10-3-7-16-8-4-10/h10H,2-8,12H2,1H3. The maximum Gasteiger partial charge on any atom is 0.232 e. The van der Waals surface area contributed by atoms with Crippen LogP contribution in [0, 0.1) is 5.92 Å². The molecule has 0 atom stereocenters. The van der Waals surface area contributed by atoms with E-state index in [9.17, 15) is 9.59 Å². The second-order valence-electron chi connectivity index (χ2n) is 4.04. The molecule has 0 aromatic heterocycles. The lowest BCUT2D eigenvalue weighted by molar-refractivity contribution is -0.148. The number of ether oxygens (including phenoxy) is 1. The average Bonchev–Trinajstić information content (AvgIpc) is 2.30. The third-order valence-electron chi connectivity index (χ3n) is 2.80. The molecule has 1 heterocycles. The zero-order chi connectivity index (χ0) is 12.0. The molecular weight excluding hydrogens is 208 g/mol. The SMILES string of the molecule is CC(=O)N(CCCN)C(=O)C1CCOCC1. The normalized spacial score (nSPS) is 17.1. The first kappa shape index (κ1) is 13.1. The van der Waals surface area contributed by atoms with Gasteiger partial charge in [0, 0.05) is 32.6 Å². The van der Waals surface area contributed by atoms with Gasteiger partial charge >= 0.3 is 0 Å². The van der Waals surface area contributed by atoms with E-state index in [1.165, 1.54) is 11.8 Å². The van der Waals surface area contributed by atoms with E-state index in [2.05, 4.69) is 0 Å². The lowest BCUT2D eigenvalue weighted by atomic mass is 9.98. The number of carbonyl (C=O) groups is 2. The Labute approximate surface area is 95.9 Å². The van der Waals surface area contributed by atoms with Crippen molar-refractivity contribution in [3.8, 4) is 0 Å². The van der Waals surface area contributed by atoms with E-state index in [1.54, 1.807) is 0 Å². The maximum absolute atomic E-state index is 12.1. The van der Waals surface area contributed by atoms with E-state index in [0.29, 0.717) is 45.6 Å². The van der Waals surface area contributed by atoms with E-state index in [4.69, 9.17) is 10.5 Å². The molecule has 0 radical (unpaired) electrons. The van der Waals surface area contributed by atoms with Crippen molar-refractivity contribution in [1.82, 2.24) is 4.90 Å². The molecule has 1 aliphatic heterocycles. The number of amides is 2. The summed E-state index contributed by atoms with van der Waals surface area (Å²) in [5.41, 5.74) is 5.39. The minimum atomic E-state index is -0.190. The van der Waals surface area contributed by atoms with E-state index >= 15 is 0 Å². The van der Waals surface area contributed by atoms with Gasteiger partial charge in [0.1, 0.15) is 0 Å². The predicted octanol–water partition coefficient (Wildman–Crippen LogP) is 0.137. The van der Waals surface area contributed by atoms with Crippen LogP contribution in [0.2, 0.25) is 0 Å². The molecule has 5 heteroatoms. The molecule has 1 fully saturated rings. The van der Waals surface area contributed by atoms with Crippen LogP contribution in [-0.2, 0) is 14.3 Å². The Balaban J connectivity index is 2.54. The molecular formula is C11H20N2O3. The molecule has 16 heavy (non-hydrogen) atoms. The molecule has 0 aromatic carbocycles. The number of hydrogen-bond donors (Lipinski definition) is 1. The van der Waals surface area contributed by atoms with Crippen molar-refractivity contribution in [3.63, 3.8) is 0 Å². The summed E-state index contributed by atoms with van der Waals surface area (Å²) in [5, 5.41) is 0. The maximum atomic E-state index is 12.1. The molecule has 0 aliphatic carbocycles. The van der Waals surface area contributed by atoms with Gasteiger partial charge < -0.3 is 10.5 Å². The van der Waals surface area contributed by atoms with Crippen LogP contribution in [0.1, 0.15) is 26.2 Å². The lowest BCUT2D eigenvalue weighted by Crippen LogP contribution is -2.42. The van der Waals surface area contributed by atoms with Gasteiger partial charge in [-0.05, 0) is 25.8 Å². The first-order valence-corrected chi connectivity index (χ1v) is 5.76. The second kappa shape index (κ2) is 6.60. The highest BCUT2D eigenvalue weighted by molar-refractivity contribution is 5.95. The first-order valence-electron chi connectivity index (χ1n) is 5.76. The smallest absolute Gasteiger partial charge is 0.232 e. The highest BCUT2D eigenvalue weighted by Crippen LogP contribution is 2.17. The van der Waals surface area contributed by atoms with Gasteiger partial charge in [-0.3, -0.25) is 14.5 Å². The highest BCUT2D eigenvalue weighted by atomic mass is 16.5. The number of hydrogen-bond acceptors (Lipinski definition) is 4. The summed E-state index contributed by atoms with van der Waals surface area (Å²) in [4.78, 5) is 24.7. The quantitative estimate of drug-likeness (QED) is 0.742. The number of imide groups is 1. The van der Waals surface area contributed by atoms with E-state index in [0.717, 1.165) is 0 Å². The van der Waals surface area contributed by atoms with Crippen LogP contribution in [-0.4, -0.2) is 43.0 Å². The third kappa shape index (κ3) is 3.57. The van der Waals surface area contributed by atoms with Crippen LogP contribution >= 0.6 is 0 Å². The van der Waals surface area contributed by atoms with Crippen molar-refractivity contribution in [2.45, 2.75) is 26.2 Å². The molecule has 1 saturated heterocycles. The van der Waals surface area contributed by atoms with E-state index in [1.807, 2.05) is 0 Å². The zero-order valence-electron chi connectivity index (χ0n) is 9.78. The van der Waals surface area contributed by atoms with Crippen molar-refractivity contribution < 1.29 is 14.3 Å². The molecule has 0 spiro atoms. The summed E-state index contributed by atoms with van der Waals surface area (Å²) in [6, 6.07) is 0. The van der Waals surface area contributed by atoms with Gasteiger partial charge in [0.25, 0.3) is 0 Å². The van der Waals surface area contributed by atoms with Gasteiger partial charge in [0.05, 0.1) is 0 Å². The Hall–Kier alpha value is -0.940. The Bertz CT molecular complexity index is 250. The van der Waals surface area contributed by atoms with Crippen molar-refractivity contribution in [2.75, 3.05) is 26.3 Å². The third-order valence-corrected chi connectivity index (χ3v) is 2.80. The first-order chi connectivity index (χ1) is 7.66. The van der Waals surface area contributed by atoms with Crippen LogP contribution in [0.15, 0.2) is 0 Å². The summed E-state index contributed by atoms with van der Waals surface area (Å²) in [6.45, 7) is 3.57. The molecule has 1 rings (SSSR count). The predicted molar refractivity (Wildman–Crippen MR) is 59.6 cm³/mol. The summed E-state index contributed by atoms with van der Waals surface area (Å²) >= 11 is 0. The molecule has 0 aromatic rings. The molecule has 0 unspecified atom stereocenters. The largest absolute Gasteiger partial charge is 0.381 e. The van der Waals surface area contributed by atoms with E-state index in [-0.39, 0.29) is 17.7 Å². The van der Waals surface area contributed by atoms with Gasteiger partial charge in [0.2, 0.25) is 11.8 Å². The fourth-order valence-electron chi connectivity index (χ4n) is 1.84. The van der Waals surface area contributed by atoms with E-state index < -0.39 is 0 Å². The topological polar surface area (TPSA) is 72.6 Å². The summed E-state index contributed by atoms with van der Waals surface area (Å²) in [5.74, 6) is -0.315.